The van der Waals surface area contributed by atoms with Gasteiger partial charge in [-0.2, -0.15) is 0 Å². The fourth-order valence-corrected chi connectivity index (χ4v) is 4.81. The number of aromatic nitrogens is 2. The number of amides is 1. The number of benzene rings is 1. The third-order valence-corrected chi connectivity index (χ3v) is 6.27. The Labute approximate surface area is 163 Å². The van der Waals surface area contributed by atoms with Crippen LogP contribution < -0.4 is 4.90 Å². The molecule has 7 heteroatoms. The first kappa shape index (κ1) is 17.6. The van der Waals surface area contributed by atoms with Crippen molar-refractivity contribution in [3.05, 3.63) is 53.7 Å². The van der Waals surface area contributed by atoms with Crippen molar-refractivity contribution in [3.8, 4) is 0 Å². The van der Waals surface area contributed by atoms with Gasteiger partial charge in [-0.3, -0.25) is 4.79 Å². The number of aryl methyl sites for hydroxylation is 1. The largest absolute Gasteiger partial charge is 0.356 e. The highest BCUT2D eigenvalue weighted by Crippen LogP contribution is 2.48. The average molecular weight is 382 g/mol. The van der Waals surface area contributed by atoms with E-state index >= 15 is 0 Å². The topological polar surface area (TPSA) is 58.6 Å². The lowest BCUT2D eigenvalue weighted by molar-refractivity contribution is -0.140. The van der Waals surface area contributed by atoms with Crippen molar-refractivity contribution in [3.63, 3.8) is 0 Å². The van der Waals surface area contributed by atoms with Crippen molar-refractivity contribution in [1.29, 1.82) is 0 Å². The summed E-state index contributed by atoms with van der Waals surface area (Å²) < 4.78 is 20.7. The van der Waals surface area contributed by atoms with Gasteiger partial charge in [-0.25, -0.2) is 14.4 Å². The van der Waals surface area contributed by atoms with E-state index in [9.17, 15) is 9.18 Å². The SMILES string of the molecule is Cc1cc(N2CCC3(CC2)O[C@@H]2CC[C@@H](c4ccccc4F)N2C3=O)ncn1. The first-order valence-corrected chi connectivity index (χ1v) is 9.86. The van der Waals surface area contributed by atoms with E-state index in [0.717, 1.165) is 24.4 Å². The number of fused-ring (bicyclic) bond motifs is 1. The highest BCUT2D eigenvalue weighted by atomic mass is 19.1. The maximum atomic E-state index is 14.3. The zero-order valence-electron chi connectivity index (χ0n) is 15.8. The molecule has 4 heterocycles. The number of hydrogen-bond acceptors (Lipinski definition) is 5. The quantitative estimate of drug-likeness (QED) is 0.799. The molecule has 1 aromatic carbocycles. The van der Waals surface area contributed by atoms with Gasteiger partial charge in [0.1, 0.15) is 24.2 Å². The molecule has 146 valence electrons. The Morgan fingerprint density at radius 2 is 1.96 bits per heavy atom. The zero-order valence-corrected chi connectivity index (χ0v) is 15.8. The van der Waals surface area contributed by atoms with Crippen LogP contribution in [0.2, 0.25) is 0 Å². The van der Waals surface area contributed by atoms with Gasteiger partial charge in [0.2, 0.25) is 0 Å². The summed E-state index contributed by atoms with van der Waals surface area (Å²) in [4.78, 5) is 25.9. The molecule has 0 radical (unpaired) electrons. The summed E-state index contributed by atoms with van der Waals surface area (Å²) in [5.41, 5.74) is 0.729. The van der Waals surface area contributed by atoms with Crippen LogP contribution in [0.5, 0.6) is 0 Å². The first-order chi connectivity index (χ1) is 13.6. The molecule has 6 nitrogen and oxygen atoms in total. The number of carbonyl (C=O) groups is 1. The van der Waals surface area contributed by atoms with Gasteiger partial charge in [0.05, 0.1) is 6.04 Å². The fourth-order valence-electron chi connectivity index (χ4n) is 4.81. The van der Waals surface area contributed by atoms with E-state index in [1.807, 2.05) is 19.1 Å². The third-order valence-electron chi connectivity index (χ3n) is 6.27. The monoisotopic (exact) mass is 382 g/mol. The average Bonchev–Trinajstić information content (AvgIpc) is 3.21. The van der Waals surface area contributed by atoms with Crippen LogP contribution in [0.15, 0.2) is 36.7 Å². The van der Waals surface area contributed by atoms with Crippen LogP contribution in [-0.2, 0) is 9.53 Å². The number of rotatable bonds is 2. The van der Waals surface area contributed by atoms with Crippen molar-refractivity contribution >= 4 is 11.7 Å². The second kappa shape index (κ2) is 6.51. The molecule has 3 aliphatic rings. The zero-order chi connectivity index (χ0) is 19.3. The van der Waals surface area contributed by atoms with Gasteiger partial charge < -0.3 is 14.5 Å². The molecule has 2 atom stereocenters. The number of halogens is 1. The molecule has 0 bridgehead atoms. The Kier molecular flexibility index (Phi) is 4.08. The minimum atomic E-state index is -0.785. The Bertz CT molecular complexity index is 913. The number of carbonyl (C=O) groups excluding carboxylic acids is 1. The summed E-state index contributed by atoms with van der Waals surface area (Å²) in [7, 11) is 0. The Morgan fingerprint density at radius 1 is 1.18 bits per heavy atom. The maximum absolute atomic E-state index is 14.3. The molecule has 0 saturated carbocycles. The molecule has 28 heavy (non-hydrogen) atoms. The van der Waals surface area contributed by atoms with Crippen LogP contribution in [0, 0.1) is 12.7 Å². The summed E-state index contributed by atoms with van der Waals surface area (Å²) in [5, 5.41) is 0. The summed E-state index contributed by atoms with van der Waals surface area (Å²) >= 11 is 0. The Hall–Kier alpha value is -2.54. The molecule has 1 spiro atoms. The number of piperidine rings is 1. The maximum Gasteiger partial charge on any atom is 0.257 e. The van der Waals surface area contributed by atoms with Gasteiger partial charge in [-0.1, -0.05) is 18.2 Å². The van der Waals surface area contributed by atoms with E-state index in [-0.39, 0.29) is 24.0 Å². The van der Waals surface area contributed by atoms with Gasteiger partial charge in [0.15, 0.2) is 5.60 Å². The van der Waals surface area contributed by atoms with Crippen molar-refractivity contribution < 1.29 is 13.9 Å². The van der Waals surface area contributed by atoms with E-state index in [4.69, 9.17) is 4.74 Å². The Balaban J connectivity index is 1.35. The third kappa shape index (κ3) is 2.68. The highest BCUT2D eigenvalue weighted by molar-refractivity contribution is 5.88. The van der Waals surface area contributed by atoms with E-state index in [1.54, 1.807) is 23.4 Å². The second-order valence-electron chi connectivity index (χ2n) is 7.90. The van der Waals surface area contributed by atoms with E-state index in [0.29, 0.717) is 31.5 Å². The molecular weight excluding hydrogens is 359 g/mol. The van der Waals surface area contributed by atoms with Crippen molar-refractivity contribution in [2.45, 2.75) is 50.5 Å². The van der Waals surface area contributed by atoms with E-state index in [2.05, 4.69) is 14.9 Å². The van der Waals surface area contributed by atoms with Gasteiger partial charge in [0.25, 0.3) is 5.91 Å². The lowest BCUT2D eigenvalue weighted by Crippen LogP contribution is -2.50. The predicted octanol–water partition coefficient (Wildman–Crippen LogP) is 2.98. The normalized spacial score (nSPS) is 26.1. The fraction of sp³-hybridized carbons (Fsp3) is 0.476. The second-order valence-corrected chi connectivity index (χ2v) is 7.90. The number of nitrogens with zero attached hydrogens (tertiary/aromatic N) is 4. The van der Waals surface area contributed by atoms with Crippen LogP contribution in [0.4, 0.5) is 10.2 Å². The molecule has 1 amide bonds. The molecule has 2 aromatic rings. The molecular formula is C21H23FN4O2. The molecule has 0 N–H and O–H groups in total. The molecule has 1 aromatic heterocycles. The van der Waals surface area contributed by atoms with E-state index < -0.39 is 5.60 Å². The molecule has 5 rings (SSSR count). The molecule has 0 aliphatic carbocycles. The molecule has 3 aliphatic heterocycles. The molecule has 3 saturated heterocycles. The smallest absolute Gasteiger partial charge is 0.257 e. The van der Waals surface area contributed by atoms with Crippen molar-refractivity contribution in [2.75, 3.05) is 18.0 Å². The van der Waals surface area contributed by atoms with Crippen LogP contribution in [0.3, 0.4) is 0 Å². The minimum absolute atomic E-state index is 0.0155. The van der Waals surface area contributed by atoms with Crippen LogP contribution in [-0.4, -0.2) is 45.7 Å². The predicted molar refractivity (Wildman–Crippen MR) is 101 cm³/mol. The number of anilines is 1. The van der Waals surface area contributed by atoms with Crippen molar-refractivity contribution in [2.24, 2.45) is 0 Å². The molecule has 3 fully saturated rings. The molecule has 0 unspecified atom stereocenters. The van der Waals surface area contributed by atoms with Gasteiger partial charge >= 0.3 is 0 Å². The van der Waals surface area contributed by atoms with Gasteiger partial charge in [-0.05, 0) is 25.8 Å². The summed E-state index contributed by atoms with van der Waals surface area (Å²) in [6.07, 6.45) is 4.05. The first-order valence-electron chi connectivity index (χ1n) is 9.86. The van der Waals surface area contributed by atoms with Crippen LogP contribution in [0.25, 0.3) is 0 Å². The van der Waals surface area contributed by atoms with Crippen molar-refractivity contribution in [1.82, 2.24) is 14.9 Å². The van der Waals surface area contributed by atoms with Crippen LogP contribution in [0.1, 0.15) is 43.0 Å². The summed E-state index contributed by atoms with van der Waals surface area (Å²) in [6.45, 7) is 3.35. The van der Waals surface area contributed by atoms with Crippen LogP contribution >= 0.6 is 0 Å². The number of ether oxygens (including phenoxy) is 1. The van der Waals surface area contributed by atoms with Gasteiger partial charge in [0, 0.05) is 43.3 Å². The lowest BCUT2D eigenvalue weighted by atomic mass is 9.89. The summed E-state index contributed by atoms with van der Waals surface area (Å²) in [6, 6.07) is 8.47. The minimum Gasteiger partial charge on any atom is -0.356 e. The highest BCUT2D eigenvalue weighted by Gasteiger charge is 2.58. The number of hydrogen-bond donors (Lipinski definition) is 0. The summed E-state index contributed by atoms with van der Waals surface area (Å²) in [5.74, 6) is 0.648. The van der Waals surface area contributed by atoms with E-state index in [1.165, 1.54) is 6.07 Å². The lowest BCUT2D eigenvalue weighted by Gasteiger charge is -2.38. The van der Waals surface area contributed by atoms with Gasteiger partial charge in [-0.15, -0.1) is 0 Å². The standard InChI is InChI=1S/C21H23FN4O2/c1-14-12-18(24-13-23-14)25-10-8-21(9-11-25)20(27)26-17(6-7-19(26)28-21)15-4-2-3-5-16(15)22/h2-5,12-13,17,19H,6-11H2,1H3/t17-,19+/m0/s1. The Morgan fingerprint density at radius 3 is 2.71 bits per heavy atom.